The number of aromatic nitrogens is 4. The van der Waals surface area contributed by atoms with Gasteiger partial charge in [0.15, 0.2) is 5.82 Å². The van der Waals surface area contributed by atoms with Crippen LogP contribution in [0.15, 0.2) is 60.2 Å². The maximum atomic E-state index is 14.5. The highest BCUT2D eigenvalue weighted by molar-refractivity contribution is 6.06. The van der Waals surface area contributed by atoms with Gasteiger partial charge < -0.3 is 24.5 Å². The Morgan fingerprint density at radius 1 is 1.05 bits per heavy atom. The van der Waals surface area contributed by atoms with Gasteiger partial charge >= 0.3 is 6.18 Å². The SMILES string of the molecule is C=CC(=O)Nc1cc(Nc2nc(-c3ccnc(N4CCn5c(cc6c5CC(C)(C)C6)C4=O)c3C)cn(C)c2=O)ccc1C1CN(C2CCOCC2)CC(C(F)(F)F)N1C. The molecule has 2 amide bonds. The second-order valence-corrected chi connectivity index (χ2v) is 17.0. The summed E-state index contributed by atoms with van der Waals surface area (Å²) in [6.07, 6.45) is 2.99. The lowest BCUT2D eigenvalue weighted by atomic mass is 9.90. The van der Waals surface area contributed by atoms with Crippen LogP contribution in [-0.4, -0.2) is 98.9 Å². The zero-order valence-corrected chi connectivity index (χ0v) is 34.0. The van der Waals surface area contributed by atoms with Gasteiger partial charge in [-0.2, -0.15) is 13.2 Å². The van der Waals surface area contributed by atoms with Gasteiger partial charge in [-0.05, 0) is 86.5 Å². The Morgan fingerprint density at radius 2 is 1.81 bits per heavy atom. The number of nitrogens with one attached hydrogen (secondary N) is 2. The standard InChI is InChI=1S/C43H50F3N9O4/c1-7-37(56)49-31-19-27(8-9-30(31)35-23-53(28-11-16-59-17-12-28)24-36(52(35)6)43(44,45)46)48-38-41(58)51(5)22-32(50-38)29-10-13-47-39(25(29)2)55-15-14-54-33(40(55)57)18-26-20-42(3,4)21-34(26)54/h7-10,13,18-19,22,28,35-36H,1,11-12,14-17,20-21,23-24H2,2-6H3,(H,48,50)(H,49,56). The molecule has 2 atom stereocenters. The van der Waals surface area contributed by atoms with Gasteiger partial charge in [-0.15, -0.1) is 0 Å². The van der Waals surface area contributed by atoms with E-state index in [4.69, 9.17) is 9.72 Å². The molecule has 6 heterocycles. The molecule has 4 aromatic rings. The predicted octanol–water partition coefficient (Wildman–Crippen LogP) is 6.00. The van der Waals surface area contributed by atoms with Gasteiger partial charge in [-0.25, -0.2) is 9.97 Å². The van der Waals surface area contributed by atoms with Gasteiger partial charge in [0.2, 0.25) is 5.91 Å². The molecule has 0 bridgehead atoms. The van der Waals surface area contributed by atoms with Crippen LogP contribution in [0.5, 0.6) is 0 Å². The number of hydrogen-bond donors (Lipinski definition) is 2. The van der Waals surface area contributed by atoms with Crippen molar-refractivity contribution in [3.05, 3.63) is 93.8 Å². The third-order valence-electron chi connectivity index (χ3n) is 12.4. The van der Waals surface area contributed by atoms with Crippen molar-refractivity contribution < 1.29 is 27.5 Å². The number of aryl methyl sites for hydroxylation is 1. The van der Waals surface area contributed by atoms with Crippen LogP contribution >= 0.6 is 0 Å². The van der Waals surface area contributed by atoms with E-state index in [0.29, 0.717) is 85.3 Å². The topological polar surface area (TPSA) is 130 Å². The first kappa shape index (κ1) is 40.5. The Kier molecular flexibility index (Phi) is 10.5. The van der Waals surface area contributed by atoms with Crippen LogP contribution in [0.25, 0.3) is 11.3 Å². The summed E-state index contributed by atoms with van der Waals surface area (Å²) in [5.41, 5.74) is 5.87. The van der Waals surface area contributed by atoms with E-state index >= 15 is 0 Å². The highest BCUT2D eigenvalue weighted by Crippen LogP contribution is 2.42. The molecule has 16 heteroatoms. The molecule has 0 spiro atoms. The molecular weight excluding hydrogens is 764 g/mol. The molecule has 8 rings (SSSR count). The number of alkyl halides is 3. The normalized spacial score (nSPS) is 21.3. The molecule has 13 nitrogen and oxygen atoms in total. The summed E-state index contributed by atoms with van der Waals surface area (Å²) in [6, 6.07) is 6.24. The summed E-state index contributed by atoms with van der Waals surface area (Å²) < 4.78 is 52.7. The minimum atomic E-state index is -4.49. The highest BCUT2D eigenvalue weighted by Gasteiger charge is 2.50. The van der Waals surface area contributed by atoms with E-state index in [0.717, 1.165) is 18.9 Å². The molecule has 1 aliphatic carbocycles. The number of amides is 2. The number of ether oxygens (including phenoxy) is 1. The van der Waals surface area contributed by atoms with Gasteiger partial charge in [-0.3, -0.25) is 29.1 Å². The summed E-state index contributed by atoms with van der Waals surface area (Å²) in [5.74, 6) is -0.151. The van der Waals surface area contributed by atoms with Crippen molar-refractivity contribution in [1.29, 1.82) is 0 Å². The van der Waals surface area contributed by atoms with Gasteiger partial charge in [0.1, 0.15) is 17.6 Å². The number of carbonyl (C=O) groups is 2. The zero-order valence-electron chi connectivity index (χ0n) is 34.0. The number of nitrogens with zero attached hydrogens (tertiary/aromatic N) is 7. The predicted molar refractivity (Wildman–Crippen MR) is 219 cm³/mol. The van der Waals surface area contributed by atoms with E-state index in [2.05, 4.69) is 40.6 Å². The molecule has 2 N–H and O–H groups in total. The van der Waals surface area contributed by atoms with E-state index < -0.39 is 29.7 Å². The first-order valence-electron chi connectivity index (χ1n) is 20.0. The van der Waals surface area contributed by atoms with E-state index in [1.165, 1.54) is 27.8 Å². The van der Waals surface area contributed by atoms with E-state index in [1.807, 2.05) is 17.9 Å². The Morgan fingerprint density at radius 3 is 2.54 bits per heavy atom. The van der Waals surface area contributed by atoms with Crippen LogP contribution in [0.4, 0.5) is 36.2 Å². The Balaban J connectivity index is 1.10. The van der Waals surface area contributed by atoms with E-state index in [-0.39, 0.29) is 35.4 Å². The quantitative estimate of drug-likeness (QED) is 0.206. The number of rotatable bonds is 8. The van der Waals surface area contributed by atoms with Crippen LogP contribution < -0.4 is 21.1 Å². The first-order valence-corrected chi connectivity index (χ1v) is 20.0. The molecule has 59 heavy (non-hydrogen) atoms. The van der Waals surface area contributed by atoms with Gasteiger partial charge in [-0.1, -0.05) is 26.5 Å². The number of hydrogen-bond acceptors (Lipinski definition) is 9. The number of fused-ring (bicyclic) bond motifs is 3. The second-order valence-electron chi connectivity index (χ2n) is 17.0. The van der Waals surface area contributed by atoms with Crippen LogP contribution in [0.1, 0.15) is 65.6 Å². The van der Waals surface area contributed by atoms with Crippen LogP contribution in [-0.2, 0) is 36.0 Å². The fraction of sp³-hybridized carbons (Fsp3) is 0.465. The molecule has 0 radical (unpaired) electrons. The van der Waals surface area contributed by atoms with Crippen molar-refractivity contribution in [1.82, 2.24) is 28.9 Å². The molecular formula is C43H50F3N9O4. The van der Waals surface area contributed by atoms with Crippen LogP contribution in [0.2, 0.25) is 0 Å². The van der Waals surface area contributed by atoms with Crippen molar-refractivity contribution >= 4 is 34.8 Å². The summed E-state index contributed by atoms with van der Waals surface area (Å²) >= 11 is 0. The lowest BCUT2D eigenvalue weighted by Crippen LogP contribution is -2.61. The zero-order chi connectivity index (χ0) is 42.0. The molecule has 0 saturated carbocycles. The third kappa shape index (κ3) is 7.69. The second kappa shape index (κ2) is 15.4. The highest BCUT2D eigenvalue weighted by atomic mass is 19.4. The number of halogens is 3. The number of likely N-dealkylation sites (N-methyl/N-ethyl adjacent to an activating group) is 1. The number of carbonyl (C=O) groups excluding carboxylic acids is 2. The summed E-state index contributed by atoms with van der Waals surface area (Å²) in [7, 11) is 3.07. The minimum absolute atomic E-state index is 0.0153. The molecule has 312 valence electrons. The number of benzene rings is 1. The van der Waals surface area contributed by atoms with Crippen molar-refractivity contribution in [2.24, 2.45) is 12.5 Å². The lowest BCUT2D eigenvalue weighted by molar-refractivity contribution is -0.206. The van der Waals surface area contributed by atoms with Crippen LogP contribution in [0, 0.1) is 12.3 Å². The van der Waals surface area contributed by atoms with Crippen molar-refractivity contribution in [2.45, 2.75) is 77.3 Å². The molecule has 2 saturated heterocycles. The van der Waals surface area contributed by atoms with Crippen molar-refractivity contribution in [2.75, 3.05) is 55.4 Å². The van der Waals surface area contributed by atoms with E-state index in [9.17, 15) is 27.6 Å². The molecule has 2 unspecified atom stereocenters. The van der Waals surface area contributed by atoms with E-state index in [1.54, 1.807) is 48.6 Å². The smallest absolute Gasteiger partial charge is 0.381 e. The summed E-state index contributed by atoms with van der Waals surface area (Å²) in [4.78, 5) is 54.6. The van der Waals surface area contributed by atoms with Crippen molar-refractivity contribution in [3.8, 4) is 11.3 Å². The summed E-state index contributed by atoms with van der Waals surface area (Å²) in [5, 5.41) is 5.90. The first-order chi connectivity index (χ1) is 28.0. The molecule has 2 fully saturated rings. The molecule has 4 aliphatic rings. The Bertz CT molecular complexity index is 2380. The monoisotopic (exact) mass is 813 g/mol. The average Bonchev–Trinajstić information content (AvgIpc) is 3.69. The fourth-order valence-electron chi connectivity index (χ4n) is 9.35. The Hall–Kier alpha value is -5.32. The molecule has 1 aromatic carbocycles. The number of anilines is 4. The van der Waals surface area contributed by atoms with Crippen LogP contribution in [0.3, 0.4) is 0 Å². The molecule has 3 aromatic heterocycles. The van der Waals surface area contributed by atoms with Gasteiger partial charge in [0, 0.05) is 99.1 Å². The number of piperazine rings is 1. The molecule has 3 aliphatic heterocycles. The third-order valence-corrected chi connectivity index (χ3v) is 12.4. The average molecular weight is 814 g/mol. The lowest BCUT2D eigenvalue weighted by Gasteiger charge is -2.49. The maximum absolute atomic E-state index is 14.5. The maximum Gasteiger partial charge on any atom is 0.405 e. The van der Waals surface area contributed by atoms with Gasteiger partial charge in [0.25, 0.3) is 11.5 Å². The minimum Gasteiger partial charge on any atom is -0.381 e. The van der Waals surface area contributed by atoms with Gasteiger partial charge in [0.05, 0.1) is 5.69 Å². The Labute approximate surface area is 340 Å². The fourth-order valence-corrected chi connectivity index (χ4v) is 9.35. The summed E-state index contributed by atoms with van der Waals surface area (Å²) in [6.45, 7) is 12.2. The van der Waals surface area contributed by atoms with Crippen molar-refractivity contribution in [3.63, 3.8) is 0 Å². The number of pyridine rings is 1. The largest absolute Gasteiger partial charge is 0.405 e.